The average Bonchev–Trinajstić information content (AvgIpc) is 1.66. The Morgan fingerprint density at radius 2 is 1.35 bits per heavy atom. The van der Waals surface area contributed by atoms with E-state index in [1.807, 2.05) is 57.2 Å². The van der Waals surface area contributed by atoms with Crippen molar-refractivity contribution in [2.75, 3.05) is 66.2 Å². The van der Waals surface area contributed by atoms with Gasteiger partial charge in [-0.25, -0.2) is 14.4 Å². The summed E-state index contributed by atoms with van der Waals surface area (Å²) in [4.78, 5) is 128. The monoisotopic (exact) mass is 1420 g/mol. The molecule has 3 saturated heterocycles. The van der Waals surface area contributed by atoms with Crippen molar-refractivity contribution in [1.82, 2.24) is 24.9 Å². The number of carboxylic acids is 1. The summed E-state index contributed by atoms with van der Waals surface area (Å²) in [6.45, 7) is 24.1. The number of para-hydroxylation sites is 2. The van der Waals surface area contributed by atoms with Gasteiger partial charge >= 0.3 is 61.2 Å². The molecule has 0 radical (unpaired) electrons. The third-order valence-electron chi connectivity index (χ3n) is 19.4. The number of nitrogens with two attached hydrogens (primary N) is 1. The molecular formula is C72H95B2ClN6O20. The molecule has 4 aromatic rings. The molecule has 546 valence electrons. The lowest BCUT2D eigenvalue weighted by Gasteiger charge is -2.59. The normalized spacial score (nSPS) is 21.1. The standard InChI is InChI=1S/C38H56BNO7.C27H30BN3O10.C7H9ClN2O3/c1-11-20-44-29-18-16-25(17-19-29)33(40)31(41)23-28(21-26-14-13-15-30(34(26)43-10)35(42)45-36(4,5)6)39-46-24(3)38(9,47-39)32-22-27(12-2)37(32,7)8;1-2-30-10-11-31(25(35)24(30)34)27(38)29-22(16-6-8-19(9-7-16)40-13-12-32)21(33)15-18-14-17-4-3-5-20(26(36)37)23(17)41-28(18)39;1-2-9-3-4-10(7(8)13)6(12)5(9)11/h13-19,24,27-28,32-33H,11-12,20-23,40H2,1-10H3;3-9,18,22,32,39H,2,10-15H2,1H3,(H,29,38)(H,36,37);2-4H2,1H3/t24?,27-,28+,32-,33?,38+;18-,22?;/m01./s1. The largest absolute Gasteiger partial charge is 0.535 e. The van der Waals surface area contributed by atoms with Gasteiger partial charge in [0, 0.05) is 63.7 Å². The van der Waals surface area contributed by atoms with E-state index in [4.69, 9.17) is 55.4 Å². The molecule has 0 spiro atoms. The second kappa shape index (κ2) is 35.0. The third kappa shape index (κ3) is 19.2. The summed E-state index contributed by atoms with van der Waals surface area (Å²) in [5.41, 5.74) is 8.08. The summed E-state index contributed by atoms with van der Waals surface area (Å²) in [5, 5.41) is 30.7. The van der Waals surface area contributed by atoms with Gasteiger partial charge in [0.05, 0.1) is 43.6 Å². The third-order valence-corrected chi connectivity index (χ3v) is 19.6. The number of ketones is 2. The van der Waals surface area contributed by atoms with E-state index in [0.717, 1.165) is 45.9 Å². The number of esters is 1. The van der Waals surface area contributed by atoms with Crippen molar-refractivity contribution in [3.05, 3.63) is 118 Å². The number of fused-ring (bicyclic) bond motifs is 1. The van der Waals surface area contributed by atoms with Crippen molar-refractivity contribution in [3.8, 4) is 23.0 Å². The van der Waals surface area contributed by atoms with Crippen LogP contribution in [0.2, 0.25) is 11.6 Å². The Morgan fingerprint density at radius 3 is 1.89 bits per heavy atom. The number of aliphatic hydroxyl groups excluding tert-OH is 1. The number of carbonyl (C=O) groups is 10. The number of imide groups is 2. The SMILES string of the molecule is CCCOc1ccc(C(N)C(=O)C[C@@H](Cc2cccc(C(=O)OC(C)(C)C)c2OC)B2OC(C)[C@](C)([C@H]3C[C@H](CC)C3(C)C)O2)cc1.CCN1CCN(C(=O)Cl)C(=O)C1=O.CCN1CCN(C(=O)NC(C(=O)C[C@H]2Cc3cccc(C(=O)O)c3OB2O)c2ccc(OCCO)cc2)C(=O)C1=O. The summed E-state index contributed by atoms with van der Waals surface area (Å²) in [7, 11) is -0.595. The maximum absolute atomic E-state index is 13.9. The number of halogens is 1. The van der Waals surface area contributed by atoms with Crippen LogP contribution in [0, 0.1) is 17.3 Å². The van der Waals surface area contributed by atoms with Crippen LogP contribution < -0.4 is 29.9 Å². The molecule has 4 heterocycles. The fraction of sp³-hybridized carbons (Fsp3) is 0.528. The Labute approximate surface area is 595 Å². The van der Waals surface area contributed by atoms with E-state index in [1.54, 1.807) is 63.4 Å². The van der Waals surface area contributed by atoms with Crippen LogP contribution in [0.4, 0.5) is 9.59 Å². The molecule has 3 unspecified atom stereocenters. The number of aliphatic hydroxyl groups is 1. The average molecular weight is 1420 g/mol. The number of carboxylic acid groups (broad SMARTS) is 1. The number of hydrogen-bond donors (Lipinski definition) is 5. The highest BCUT2D eigenvalue weighted by atomic mass is 35.5. The van der Waals surface area contributed by atoms with Gasteiger partial charge in [0.25, 0.3) is 0 Å². The summed E-state index contributed by atoms with van der Waals surface area (Å²) >= 11 is 5.10. The molecule has 29 heteroatoms. The lowest BCUT2D eigenvalue weighted by atomic mass is 9.49. The first-order chi connectivity index (χ1) is 47.8. The maximum Gasteiger partial charge on any atom is 0.526 e. The van der Waals surface area contributed by atoms with Crippen LogP contribution in [0.25, 0.3) is 0 Å². The highest BCUT2D eigenvalue weighted by molar-refractivity contribution is 6.65. The Bertz CT molecular complexity index is 3650. The summed E-state index contributed by atoms with van der Waals surface area (Å²) in [6, 6.07) is 20.5. The minimum Gasteiger partial charge on any atom is -0.535 e. The van der Waals surface area contributed by atoms with Gasteiger partial charge < -0.3 is 69.0 Å². The van der Waals surface area contributed by atoms with Crippen LogP contribution in [-0.2, 0) is 55.7 Å². The molecule has 0 aromatic heterocycles. The van der Waals surface area contributed by atoms with Crippen molar-refractivity contribution in [1.29, 1.82) is 0 Å². The zero-order valence-corrected chi connectivity index (χ0v) is 60.4. The van der Waals surface area contributed by atoms with Crippen LogP contribution in [0.1, 0.15) is 163 Å². The van der Waals surface area contributed by atoms with Gasteiger partial charge in [0.15, 0.2) is 11.6 Å². The summed E-state index contributed by atoms with van der Waals surface area (Å²) in [5.74, 6) is -4.23. The fourth-order valence-electron chi connectivity index (χ4n) is 13.5. The minimum atomic E-state index is -1.49. The number of nitrogens with zero attached hydrogens (tertiary/aromatic N) is 4. The van der Waals surface area contributed by atoms with E-state index in [0.29, 0.717) is 72.7 Å². The van der Waals surface area contributed by atoms with Crippen molar-refractivity contribution >= 4 is 84.4 Å². The number of likely N-dealkylation sites (N-methyl/N-ethyl adjacent to an activating group) is 2. The number of carbonyl (C=O) groups excluding carboxylic acids is 9. The van der Waals surface area contributed by atoms with Gasteiger partial charge in [-0.05, 0) is 162 Å². The Balaban J connectivity index is 0.000000242. The number of methoxy groups -OCH3 is 1. The molecule has 0 bridgehead atoms. The molecule has 7 amide bonds. The van der Waals surface area contributed by atoms with Gasteiger partial charge in [0.1, 0.15) is 46.8 Å². The zero-order chi connectivity index (χ0) is 74.4. The Kier molecular flexibility index (Phi) is 27.7. The van der Waals surface area contributed by atoms with E-state index in [2.05, 4.69) is 46.9 Å². The van der Waals surface area contributed by atoms with Gasteiger partial charge in [-0.15, -0.1) is 0 Å². The Hall–Kier alpha value is -8.40. The van der Waals surface area contributed by atoms with Crippen LogP contribution in [0.3, 0.4) is 0 Å². The van der Waals surface area contributed by atoms with E-state index in [1.165, 1.54) is 15.9 Å². The number of ether oxygens (including phenoxy) is 4. The van der Waals surface area contributed by atoms with Crippen molar-refractivity contribution in [2.45, 2.75) is 162 Å². The van der Waals surface area contributed by atoms with E-state index < -0.39 is 102 Å². The number of aromatic carboxylic acids is 1. The molecule has 6 N–H and O–H groups in total. The molecule has 1 saturated carbocycles. The first-order valence-electron chi connectivity index (χ1n) is 34.3. The molecule has 4 aliphatic heterocycles. The molecule has 5 aliphatic rings. The number of piperazine rings is 2. The lowest BCUT2D eigenvalue weighted by molar-refractivity contribution is -0.153. The molecule has 1 aliphatic carbocycles. The van der Waals surface area contributed by atoms with Crippen LogP contribution in [0.5, 0.6) is 23.0 Å². The smallest absolute Gasteiger partial charge is 0.526 e. The molecule has 26 nitrogen and oxygen atoms in total. The number of hydrogen-bond acceptors (Lipinski definition) is 20. The number of Topliss-reactive ketones (excluding diaryl/α,β-unsaturated/α-hetero) is 2. The Morgan fingerprint density at radius 1 is 0.772 bits per heavy atom. The first kappa shape index (κ1) is 79.9. The summed E-state index contributed by atoms with van der Waals surface area (Å²) in [6.07, 6.45) is 3.33. The number of nitrogens with one attached hydrogen (secondary N) is 1. The molecule has 101 heavy (non-hydrogen) atoms. The molecule has 9 rings (SSSR count). The van der Waals surface area contributed by atoms with Crippen LogP contribution in [-0.4, -0.2) is 191 Å². The first-order valence-corrected chi connectivity index (χ1v) is 34.7. The topological polar surface area (TPSA) is 347 Å². The predicted molar refractivity (Wildman–Crippen MR) is 374 cm³/mol. The fourth-order valence-corrected chi connectivity index (χ4v) is 13.7. The van der Waals surface area contributed by atoms with Crippen molar-refractivity contribution in [3.63, 3.8) is 0 Å². The molecular weight excluding hydrogens is 1330 g/mol. The quantitative estimate of drug-likeness (QED) is 0.0136. The van der Waals surface area contributed by atoms with Crippen LogP contribution in [0.15, 0.2) is 84.9 Å². The van der Waals surface area contributed by atoms with Gasteiger partial charge in [0.2, 0.25) is 0 Å². The van der Waals surface area contributed by atoms with E-state index >= 15 is 0 Å². The molecule has 8 atom stereocenters. The van der Waals surface area contributed by atoms with E-state index in [-0.39, 0.29) is 80.7 Å². The number of benzene rings is 4. The second-order valence-electron chi connectivity index (χ2n) is 27.4. The number of rotatable bonds is 25. The van der Waals surface area contributed by atoms with Gasteiger partial charge in [-0.3, -0.25) is 43.4 Å². The van der Waals surface area contributed by atoms with Gasteiger partial charge in [-0.2, -0.15) is 0 Å². The zero-order valence-electron chi connectivity index (χ0n) is 59.6. The van der Waals surface area contributed by atoms with Crippen molar-refractivity contribution < 1.29 is 96.1 Å². The maximum atomic E-state index is 13.9. The number of amides is 7. The molecule has 4 aromatic carbocycles. The number of urea groups is 1. The second-order valence-corrected chi connectivity index (χ2v) is 27.7. The molecule has 4 fully saturated rings. The van der Waals surface area contributed by atoms with Gasteiger partial charge in [-0.1, -0.05) is 82.6 Å². The highest BCUT2D eigenvalue weighted by Gasteiger charge is 2.62. The summed E-state index contributed by atoms with van der Waals surface area (Å²) < 4.78 is 41.6. The van der Waals surface area contributed by atoms with E-state index in [9.17, 15) is 58.1 Å². The minimum absolute atomic E-state index is 0.0360. The predicted octanol–water partition coefficient (Wildman–Crippen LogP) is 8.44. The van der Waals surface area contributed by atoms with Crippen molar-refractivity contribution in [2.24, 2.45) is 23.0 Å². The lowest BCUT2D eigenvalue weighted by Crippen LogP contribution is -2.59. The highest BCUT2D eigenvalue weighted by Crippen LogP contribution is 2.60. The van der Waals surface area contributed by atoms with Crippen LogP contribution >= 0.6 is 11.6 Å².